The van der Waals surface area contributed by atoms with Gasteiger partial charge in [0.15, 0.2) is 13.5 Å². The predicted octanol–water partition coefficient (Wildman–Crippen LogP) is 3.19. The fourth-order valence-electron chi connectivity index (χ4n) is 1.57. The smallest absolute Gasteiger partial charge is 0.173 e. The zero-order chi connectivity index (χ0) is 12.5. The van der Waals surface area contributed by atoms with Gasteiger partial charge >= 0.3 is 0 Å². The van der Waals surface area contributed by atoms with Crippen LogP contribution in [0.1, 0.15) is 25.0 Å². The summed E-state index contributed by atoms with van der Waals surface area (Å²) in [6.07, 6.45) is 0.210. The Morgan fingerprint density at radius 1 is 1.56 bits per heavy atom. The molecular weight excluding hydrogens is 290 g/mol. The highest BCUT2D eigenvalue weighted by Gasteiger charge is 2.34. The van der Waals surface area contributed by atoms with Crippen LogP contribution in [-0.4, -0.2) is 18.6 Å². The second kappa shape index (κ2) is 4.99. The molecule has 1 N–H and O–H groups in total. The molecule has 2 rings (SSSR count). The number of hydrogen-bond donors (Lipinski definition) is 1. The first kappa shape index (κ1) is 13.9. The van der Waals surface area contributed by atoms with Crippen LogP contribution in [-0.2, 0) is 6.42 Å². The summed E-state index contributed by atoms with van der Waals surface area (Å²) in [5, 5.41) is 10.1. The lowest BCUT2D eigenvalue weighted by Gasteiger charge is -2.16. The van der Waals surface area contributed by atoms with E-state index in [1.165, 1.54) is 0 Å². The molecule has 5 heteroatoms. The van der Waals surface area contributed by atoms with E-state index in [-0.39, 0.29) is 6.42 Å². The highest BCUT2D eigenvalue weighted by Crippen LogP contribution is 2.43. The zero-order valence-electron chi connectivity index (χ0n) is 9.47. The third-order valence-corrected chi connectivity index (χ3v) is 3.44. The molecule has 1 atom stereocenters. The van der Waals surface area contributed by atoms with Crippen LogP contribution in [0.5, 0.6) is 5.75 Å². The second-order valence-electron chi connectivity index (χ2n) is 3.42. The first-order valence-corrected chi connectivity index (χ1v) is 6.25. The van der Waals surface area contributed by atoms with E-state index in [2.05, 4.69) is 15.9 Å². The maximum atomic E-state index is 9.54. The maximum absolute atomic E-state index is 9.54. The molecule has 1 unspecified atom stereocenters. The summed E-state index contributed by atoms with van der Waals surface area (Å²) in [5.74, 6) is 0.586. The largest absolute Gasteiger partial charge is 0.471 e. The van der Waals surface area contributed by atoms with E-state index in [0.29, 0.717) is 10.8 Å². The van der Waals surface area contributed by atoms with Crippen molar-refractivity contribution in [3.8, 4) is 5.75 Å². The van der Waals surface area contributed by atoms with Crippen molar-refractivity contribution in [1.29, 1.82) is 0 Å². The Hall–Kier alpha value is -0.185. The highest BCUT2D eigenvalue weighted by atomic mass is 79.9. The van der Waals surface area contributed by atoms with Gasteiger partial charge in [-0.1, -0.05) is 25.4 Å². The van der Waals surface area contributed by atoms with Crippen molar-refractivity contribution >= 4 is 35.4 Å². The average molecular weight is 303 g/mol. The molecule has 0 spiro atoms. The van der Waals surface area contributed by atoms with E-state index < -0.39 is 5.69 Å². The summed E-state index contributed by atoms with van der Waals surface area (Å²) >= 11 is 9.37. The fraction of sp³-hybridized carbons (Fsp3) is 0.455. The highest BCUT2D eigenvalue weighted by molar-refractivity contribution is 9.10. The van der Waals surface area contributed by atoms with Crippen LogP contribution in [0.3, 0.4) is 0 Å². The van der Waals surface area contributed by atoms with Gasteiger partial charge in [-0.3, -0.25) is 0 Å². The summed E-state index contributed by atoms with van der Waals surface area (Å²) in [6.45, 7) is 5.88. The first-order chi connectivity index (χ1) is 7.41. The summed E-state index contributed by atoms with van der Waals surface area (Å²) in [6, 6.07) is 1.84. The van der Waals surface area contributed by atoms with Gasteiger partial charge in [0.05, 0.1) is 5.02 Å². The lowest BCUT2D eigenvalue weighted by Crippen LogP contribution is -2.34. The van der Waals surface area contributed by atoms with Crippen LogP contribution >= 0.6 is 27.5 Å². The van der Waals surface area contributed by atoms with Gasteiger partial charge in [-0.05, 0) is 34.5 Å². The van der Waals surface area contributed by atoms with Crippen molar-refractivity contribution in [2.24, 2.45) is 0 Å². The molecular formula is C11H13BBrClO2. The van der Waals surface area contributed by atoms with Crippen molar-refractivity contribution in [2.75, 3.05) is 0 Å². The molecule has 0 saturated heterocycles. The monoisotopic (exact) mass is 302 g/mol. The Kier molecular flexibility index (Phi) is 4.32. The number of benzene rings is 1. The van der Waals surface area contributed by atoms with Crippen molar-refractivity contribution in [2.45, 2.75) is 32.9 Å². The molecule has 0 fully saturated rings. The molecule has 0 amide bonds. The molecule has 1 heterocycles. The molecule has 2 nitrogen and oxygen atoms in total. The Labute approximate surface area is 110 Å². The van der Waals surface area contributed by atoms with Crippen LogP contribution < -0.4 is 4.74 Å². The molecule has 1 aromatic carbocycles. The minimum Gasteiger partial charge on any atom is -0.471 e. The minimum atomic E-state index is -1.63. The van der Waals surface area contributed by atoms with Gasteiger partial charge in [-0.25, -0.2) is 0 Å². The lowest BCUT2D eigenvalue weighted by molar-refractivity contribution is -0.0435. The minimum absolute atomic E-state index is 0.210. The van der Waals surface area contributed by atoms with Crippen LogP contribution in [0.2, 0.25) is 5.02 Å². The molecule has 0 aliphatic carbocycles. The zero-order valence-corrected chi connectivity index (χ0v) is 11.8. The van der Waals surface area contributed by atoms with Gasteiger partial charge in [-0.15, -0.1) is 0 Å². The summed E-state index contributed by atoms with van der Waals surface area (Å²) in [4.78, 5) is 0. The van der Waals surface area contributed by atoms with Crippen molar-refractivity contribution < 1.29 is 9.84 Å². The Bertz CT molecular complexity index is 407. The molecule has 0 bridgehead atoms. The van der Waals surface area contributed by atoms with Gasteiger partial charge in [0.25, 0.3) is 0 Å². The molecule has 2 radical (unpaired) electrons. The molecule has 1 aliphatic rings. The maximum Gasteiger partial charge on any atom is 0.173 e. The summed E-state index contributed by atoms with van der Waals surface area (Å²) in [7, 11) is 5.48. The molecule has 86 valence electrons. The van der Waals surface area contributed by atoms with Gasteiger partial charge in [0.1, 0.15) is 5.75 Å². The van der Waals surface area contributed by atoms with Crippen molar-refractivity contribution in [3.63, 3.8) is 0 Å². The lowest BCUT2D eigenvalue weighted by atomic mass is 9.90. The van der Waals surface area contributed by atoms with Crippen molar-refractivity contribution in [3.05, 3.63) is 26.7 Å². The molecule has 0 aromatic heterocycles. The number of fused-ring (bicyclic) bond motifs is 1. The number of aliphatic hydroxyl groups is 1. The van der Waals surface area contributed by atoms with E-state index in [1.54, 1.807) is 0 Å². The van der Waals surface area contributed by atoms with Crippen LogP contribution in [0.15, 0.2) is 10.5 Å². The quantitative estimate of drug-likeness (QED) is 0.746. The van der Waals surface area contributed by atoms with E-state index in [9.17, 15) is 5.11 Å². The molecule has 1 aliphatic heterocycles. The van der Waals surface area contributed by atoms with Gasteiger partial charge in [0.2, 0.25) is 0 Å². The average Bonchev–Trinajstić information content (AvgIpc) is 2.55. The first-order valence-electron chi connectivity index (χ1n) is 5.08. The van der Waals surface area contributed by atoms with E-state index in [1.807, 2.05) is 26.8 Å². The molecule has 16 heavy (non-hydrogen) atoms. The number of aryl methyl sites for hydroxylation is 1. The number of ether oxygens (including phenoxy) is 1. The summed E-state index contributed by atoms with van der Waals surface area (Å²) < 4.78 is 5.98. The topological polar surface area (TPSA) is 29.5 Å². The standard InChI is InChI=1S/C9H7BBrClO2.C2H6/c1-4-2-6(11)7(12)5-3-9(10,13)14-8(4)5;1-2/h2,13H,3H2,1H3;1-2H3. The number of halogens is 2. The Balaban J connectivity index is 0.000000606. The Morgan fingerprint density at radius 2 is 2.12 bits per heavy atom. The van der Waals surface area contributed by atoms with Gasteiger partial charge in [0, 0.05) is 16.5 Å². The van der Waals surface area contributed by atoms with E-state index in [4.69, 9.17) is 24.2 Å². The van der Waals surface area contributed by atoms with Crippen molar-refractivity contribution in [1.82, 2.24) is 0 Å². The van der Waals surface area contributed by atoms with E-state index in [0.717, 1.165) is 15.6 Å². The van der Waals surface area contributed by atoms with Gasteiger partial charge in [-0.2, -0.15) is 0 Å². The summed E-state index contributed by atoms with van der Waals surface area (Å²) in [5.41, 5.74) is 0.0264. The van der Waals surface area contributed by atoms with Gasteiger partial charge < -0.3 is 9.84 Å². The normalized spacial score (nSPS) is 21.9. The van der Waals surface area contributed by atoms with Crippen LogP contribution in [0.4, 0.5) is 0 Å². The third kappa shape index (κ3) is 2.55. The molecule has 0 saturated carbocycles. The third-order valence-electron chi connectivity index (χ3n) is 2.16. The molecule has 1 aromatic rings. The van der Waals surface area contributed by atoms with Crippen LogP contribution in [0.25, 0.3) is 0 Å². The second-order valence-corrected chi connectivity index (χ2v) is 4.65. The number of rotatable bonds is 0. The SMILES string of the molecule is CC.[B]C1(O)Cc2c(Cl)c(Br)cc(C)c2O1. The number of hydrogen-bond acceptors (Lipinski definition) is 2. The fourth-order valence-corrected chi connectivity index (χ4v) is 2.36. The Morgan fingerprint density at radius 3 is 2.69 bits per heavy atom. The van der Waals surface area contributed by atoms with Crippen LogP contribution in [0, 0.1) is 6.92 Å². The predicted molar refractivity (Wildman–Crippen MR) is 70.3 cm³/mol. The van der Waals surface area contributed by atoms with E-state index >= 15 is 0 Å².